The topological polar surface area (TPSA) is 40.1 Å². The highest BCUT2D eigenvalue weighted by Crippen LogP contribution is 2.39. The monoisotopic (exact) mass is 353 g/mol. The number of carbonyl (C=O) groups is 1. The van der Waals surface area contributed by atoms with Crippen molar-refractivity contribution in [3.8, 4) is 0 Å². The fraction of sp³-hybridized carbons (Fsp3) is 0.542. The third-order valence-corrected chi connectivity index (χ3v) is 5.49. The van der Waals surface area contributed by atoms with E-state index in [4.69, 9.17) is 0 Å². The van der Waals surface area contributed by atoms with Crippen LogP contribution in [0.2, 0.25) is 0 Å². The number of rotatable bonds is 11. The zero-order valence-electron chi connectivity index (χ0n) is 16.4. The fourth-order valence-electron chi connectivity index (χ4n) is 3.89. The summed E-state index contributed by atoms with van der Waals surface area (Å²) in [5, 5.41) is 11.2. The van der Waals surface area contributed by atoms with Gasteiger partial charge in [-0.1, -0.05) is 101 Å². The molecule has 0 spiro atoms. The first kappa shape index (κ1) is 20.5. The van der Waals surface area contributed by atoms with Crippen LogP contribution in [0.3, 0.4) is 0 Å². The van der Waals surface area contributed by atoms with E-state index in [-0.39, 0.29) is 5.41 Å². The zero-order chi connectivity index (χ0) is 18.8. The molecule has 1 aromatic carbocycles. The summed E-state index contributed by atoms with van der Waals surface area (Å²) in [5.74, 6) is -1.63. The molecular formula is C24H33O2-. The molecule has 1 aliphatic carbocycles. The summed E-state index contributed by atoms with van der Waals surface area (Å²) in [6, 6.07) is 8.68. The molecular weight excluding hydrogens is 320 g/mol. The summed E-state index contributed by atoms with van der Waals surface area (Å²) in [6.07, 6.45) is 18.6. The number of aryl methyl sites for hydroxylation is 1. The summed E-state index contributed by atoms with van der Waals surface area (Å²) < 4.78 is 0. The maximum atomic E-state index is 11.2. The van der Waals surface area contributed by atoms with Crippen molar-refractivity contribution in [2.45, 2.75) is 77.0 Å². The minimum Gasteiger partial charge on any atom is -0.549 e. The molecule has 0 bridgehead atoms. The number of aliphatic carboxylic acids is 1. The minimum absolute atomic E-state index is 0.178. The van der Waals surface area contributed by atoms with Gasteiger partial charge in [0.15, 0.2) is 0 Å². The van der Waals surface area contributed by atoms with Crippen LogP contribution < -0.4 is 5.11 Å². The maximum absolute atomic E-state index is 11.2. The second kappa shape index (κ2) is 10.4. The van der Waals surface area contributed by atoms with Gasteiger partial charge in [-0.25, -0.2) is 0 Å². The van der Waals surface area contributed by atoms with Crippen LogP contribution in [0.1, 0.15) is 76.3 Å². The lowest BCUT2D eigenvalue weighted by atomic mass is 9.70. The normalized spacial score (nSPS) is 21.8. The van der Waals surface area contributed by atoms with Gasteiger partial charge in [0.1, 0.15) is 0 Å². The summed E-state index contributed by atoms with van der Waals surface area (Å²) in [7, 11) is 0. The molecule has 0 atom stereocenters. The number of hydrogen-bond donors (Lipinski definition) is 0. The van der Waals surface area contributed by atoms with E-state index < -0.39 is 11.9 Å². The van der Waals surface area contributed by atoms with Gasteiger partial charge in [0.05, 0.1) is 5.97 Å². The van der Waals surface area contributed by atoms with Crippen molar-refractivity contribution in [2.75, 3.05) is 0 Å². The zero-order valence-corrected chi connectivity index (χ0v) is 16.4. The van der Waals surface area contributed by atoms with Crippen molar-refractivity contribution >= 4 is 5.97 Å². The first-order chi connectivity index (χ1) is 12.6. The minimum atomic E-state index is -1.02. The van der Waals surface area contributed by atoms with Gasteiger partial charge in [0.25, 0.3) is 0 Å². The predicted octanol–water partition coefficient (Wildman–Crippen LogP) is 5.12. The Morgan fingerprint density at radius 1 is 0.962 bits per heavy atom. The van der Waals surface area contributed by atoms with Gasteiger partial charge in [0.2, 0.25) is 0 Å². The standard InChI is InChI=1S/C24H34O2/c1-3-5-7-8-11-17-24(18-15-21(16-19-24)23(25)26)22-14-10-9-13-20(22)12-6-4-2/h9-10,13-16,18-19,21H,3-8,11-12,17H2,1-2H3,(H,25,26)/p-1. The molecule has 0 unspecified atom stereocenters. The van der Waals surface area contributed by atoms with Crippen molar-refractivity contribution in [1.29, 1.82) is 0 Å². The Hall–Kier alpha value is -1.83. The molecule has 0 saturated carbocycles. The van der Waals surface area contributed by atoms with Crippen molar-refractivity contribution < 1.29 is 9.90 Å². The van der Waals surface area contributed by atoms with Gasteiger partial charge in [-0.15, -0.1) is 0 Å². The predicted molar refractivity (Wildman–Crippen MR) is 107 cm³/mol. The summed E-state index contributed by atoms with van der Waals surface area (Å²) in [5.41, 5.74) is 2.56. The van der Waals surface area contributed by atoms with E-state index >= 15 is 0 Å². The van der Waals surface area contributed by atoms with Crippen LogP contribution in [0.5, 0.6) is 0 Å². The third-order valence-electron chi connectivity index (χ3n) is 5.49. The van der Waals surface area contributed by atoms with E-state index in [9.17, 15) is 9.90 Å². The van der Waals surface area contributed by atoms with E-state index in [1.165, 1.54) is 49.7 Å². The van der Waals surface area contributed by atoms with Crippen LogP contribution in [0.15, 0.2) is 48.6 Å². The Labute approximate surface area is 159 Å². The first-order valence-electron chi connectivity index (χ1n) is 10.3. The van der Waals surface area contributed by atoms with Gasteiger partial charge >= 0.3 is 0 Å². The number of carboxylic acid groups (broad SMARTS) is 1. The van der Waals surface area contributed by atoms with E-state index in [0.717, 1.165) is 19.3 Å². The Kier molecular flexibility index (Phi) is 8.15. The molecule has 0 radical (unpaired) electrons. The van der Waals surface area contributed by atoms with Crippen LogP contribution in [-0.2, 0) is 16.6 Å². The molecule has 1 aromatic rings. The fourth-order valence-corrected chi connectivity index (χ4v) is 3.89. The molecule has 2 rings (SSSR count). The lowest BCUT2D eigenvalue weighted by molar-refractivity contribution is -0.308. The average Bonchev–Trinajstić information content (AvgIpc) is 2.66. The highest BCUT2D eigenvalue weighted by Gasteiger charge is 2.30. The quantitative estimate of drug-likeness (QED) is 0.409. The number of carboxylic acids is 1. The van der Waals surface area contributed by atoms with Gasteiger partial charge in [-0.05, 0) is 30.4 Å². The lowest BCUT2D eigenvalue weighted by Crippen LogP contribution is -2.33. The molecule has 142 valence electrons. The van der Waals surface area contributed by atoms with Gasteiger partial charge in [-0.2, -0.15) is 0 Å². The molecule has 1 aliphatic rings. The molecule has 2 heteroatoms. The van der Waals surface area contributed by atoms with Crippen LogP contribution in [-0.4, -0.2) is 5.97 Å². The average molecular weight is 354 g/mol. The Morgan fingerprint density at radius 2 is 1.62 bits per heavy atom. The summed E-state index contributed by atoms with van der Waals surface area (Å²) in [4.78, 5) is 11.2. The van der Waals surface area contributed by atoms with Crippen LogP contribution in [0.4, 0.5) is 0 Å². The number of carbonyl (C=O) groups excluding carboxylic acids is 1. The van der Waals surface area contributed by atoms with Crippen LogP contribution >= 0.6 is 0 Å². The lowest BCUT2D eigenvalue weighted by Gasteiger charge is -2.34. The van der Waals surface area contributed by atoms with Crippen molar-refractivity contribution in [1.82, 2.24) is 0 Å². The maximum Gasteiger partial charge on any atom is 0.0521 e. The van der Waals surface area contributed by atoms with E-state index in [1.54, 1.807) is 0 Å². The van der Waals surface area contributed by atoms with E-state index in [2.05, 4.69) is 50.3 Å². The summed E-state index contributed by atoms with van der Waals surface area (Å²) in [6.45, 7) is 4.45. The van der Waals surface area contributed by atoms with Gasteiger partial charge < -0.3 is 9.90 Å². The molecule has 0 saturated heterocycles. The largest absolute Gasteiger partial charge is 0.549 e. The Bertz CT molecular complexity index is 613. The van der Waals surface area contributed by atoms with Crippen LogP contribution in [0.25, 0.3) is 0 Å². The SMILES string of the molecule is CCCCCCCC1(c2ccccc2CCCC)C=CC(C(=O)[O-])C=C1. The third kappa shape index (κ3) is 5.33. The number of unbranched alkanes of at least 4 members (excludes halogenated alkanes) is 5. The van der Waals surface area contributed by atoms with Gasteiger partial charge in [-0.3, -0.25) is 0 Å². The molecule has 2 nitrogen and oxygen atoms in total. The molecule has 26 heavy (non-hydrogen) atoms. The second-order valence-electron chi connectivity index (χ2n) is 7.53. The number of benzene rings is 1. The Balaban J connectivity index is 2.26. The first-order valence-corrected chi connectivity index (χ1v) is 10.3. The van der Waals surface area contributed by atoms with Crippen LogP contribution in [0, 0.1) is 5.92 Å². The van der Waals surface area contributed by atoms with Crippen molar-refractivity contribution in [3.05, 3.63) is 59.7 Å². The number of allylic oxidation sites excluding steroid dienone is 2. The highest BCUT2D eigenvalue weighted by molar-refractivity contribution is 5.73. The van der Waals surface area contributed by atoms with Crippen molar-refractivity contribution in [2.24, 2.45) is 5.92 Å². The molecule has 0 aliphatic heterocycles. The van der Waals surface area contributed by atoms with Gasteiger partial charge in [0, 0.05) is 11.3 Å². The summed E-state index contributed by atoms with van der Waals surface area (Å²) >= 11 is 0. The van der Waals surface area contributed by atoms with E-state index in [1.807, 2.05) is 12.2 Å². The highest BCUT2D eigenvalue weighted by atomic mass is 16.4. The smallest absolute Gasteiger partial charge is 0.0521 e. The van der Waals surface area contributed by atoms with Crippen molar-refractivity contribution in [3.63, 3.8) is 0 Å². The molecule has 0 N–H and O–H groups in total. The molecule has 0 heterocycles. The molecule has 0 aromatic heterocycles. The second-order valence-corrected chi connectivity index (χ2v) is 7.53. The van der Waals surface area contributed by atoms with E-state index in [0.29, 0.717) is 0 Å². The number of hydrogen-bond acceptors (Lipinski definition) is 2. The Morgan fingerprint density at radius 3 is 2.27 bits per heavy atom. The molecule has 0 fully saturated rings. The molecule has 0 amide bonds.